The average Bonchev–Trinajstić information content (AvgIpc) is 3.21. The predicted octanol–water partition coefficient (Wildman–Crippen LogP) is 3.08. The second kappa shape index (κ2) is 8.50. The summed E-state index contributed by atoms with van der Waals surface area (Å²) in [4.78, 5) is 26.8. The lowest BCUT2D eigenvalue weighted by Gasteiger charge is -2.39. The maximum absolute atomic E-state index is 13.6. The van der Waals surface area contributed by atoms with Crippen LogP contribution >= 0.6 is 0 Å². The number of ether oxygens (including phenoxy) is 2. The lowest BCUT2D eigenvalue weighted by Crippen LogP contribution is -2.49. The minimum absolute atomic E-state index is 0.228. The van der Waals surface area contributed by atoms with E-state index in [2.05, 4.69) is 21.8 Å². The van der Waals surface area contributed by atoms with Gasteiger partial charge in [0, 0.05) is 44.1 Å². The third-order valence-corrected chi connectivity index (χ3v) is 6.41. The molecule has 7 heteroatoms. The summed E-state index contributed by atoms with van der Waals surface area (Å²) in [6, 6.07) is 5.82. The van der Waals surface area contributed by atoms with Crippen LogP contribution < -0.4 is 14.4 Å². The van der Waals surface area contributed by atoms with Crippen LogP contribution in [0.25, 0.3) is 0 Å². The van der Waals surface area contributed by atoms with Gasteiger partial charge in [0.05, 0.1) is 19.6 Å². The summed E-state index contributed by atoms with van der Waals surface area (Å²) in [6.07, 6.45) is 7.46. The minimum Gasteiger partial charge on any atom is -0.493 e. The Hall–Kier alpha value is -2.83. The van der Waals surface area contributed by atoms with Gasteiger partial charge in [-0.2, -0.15) is 0 Å². The molecule has 0 unspecified atom stereocenters. The first-order valence-corrected chi connectivity index (χ1v) is 10.7. The van der Waals surface area contributed by atoms with Crippen molar-refractivity contribution in [3.8, 4) is 11.5 Å². The van der Waals surface area contributed by atoms with Crippen molar-refractivity contribution in [3.05, 3.63) is 41.7 Å². The highest BCUT2D eigenvalue weighted by Crippen LogP contribution is 2.42. The standard InChI is InChI=1S/C23H30N4O3/c1-4-17-13-24-22(25-14-17)27-12-10-23(16-27)9-6-11-26(21(23)28)15-18-7-5-8-19(29-2)20(18)30-3/h5,7-8,13-14H,4,6,9-12,15-16H2,1-3H3/t23-/m0/s1. The number of nitrogens with zero attached hydrogens (tertiary/aromatic N) is 4. The SMILES string of the molecule is CCc1cnc(N2CC[C@@]3(CCCN(Cc4cccc(OC)c4OC)C3=O)C2)nc1. The number of hydrogen-bond acceptors (Lipinski definition) is 6. The highest BCUT2D eigenvalue weighted by atomic mass is 16.5. The van der Waals surface area contributed by atoms with E-state index in [1.165, 1.54) is 0 Å². The van der Waals surface area contributed by atoms with Gasteiger partial charge >= 0.3 is 0 Å². The monoisotopic (exact) mass is 410 g/mol. The summed E-state index contributed by atoms with van der Waals surface area (Å²) in [6.45, 7) is 4.89. The van der Waals surface area contributed by atoms with Gasteiger partial charge in [0.2, 0.25) is 11.9 Å². The van der Waals surface area contributed by atoms with E-state index < -0.39 is 0 Å². The van der Waals surface area contributed by atoms with E-state index in [1.54, 1.807) is 14.2 Å². The van der Waals surface area contributed by atoms with Crippen LogP contribution in [-0.2, 0) is 17.8 Å². The number of carbonyl (C=O) groups is 1. The van der Waals surface area contributed by atoms with Crippen molar-refractivity contribution in [2.24, 2.45) is 5.41 Å². The number of para-hydroxylation sites is 1. The number of aryl methyl sites for hydroxylation is 1. The molecule has 2 aromatic rings. The molecular weight excluding hydrogens is 380 g/mol. The molecule has 30 heavy (non-hydrogen) atoms. The Kier molecular flexibility index (Phi) is 5.79. The Morgan fingerprint density at radius 1 is 1.10 bits per heavy atom. The van der Waals surface area contributed by atoms with Crippen LogP contribution in [0.1, 0.15) is 37.3 Å². The zero-order chi connectivity index (χ0) is 21.1. The molecule has 1 amide bonds. The number of anilines is 1. The summed E-state index contributed by atoms with van der Waals surface area (Å²) < 4.78 is 11.0. The first-order chi connectivity index (χ1) is 14.6. The van der Waals surface area contributed by atoms with Crippen LogP contribution in [0.4, 0.5) is 5.95 Å². The fraction of sp³-hybridized carbons (Fsp3) is 0.522. The normalized spacial score (nSPS) is 21.4. The Morgan fingerprint density at radius 2 is 1.90 bits per heavy atom. The van der Waals surface area contributed by atoms with Gasteiger partial charge in [-0.15, -0.1) is 0 Å². The number of piperidine rings is 1. The van der Waals surface area contributed by atoms with Crippen molar-refractivity contribution in [2.45, 2.75) is 39.2 Å². The third kappa shape index (κ3) is 3.68. The second-order valence-corrected chi connectivity index (χ2v) is 8.18. The lowest BCUT2D eigenvalue weighted by molar-refractivity contribution is -0.145. The smallest absolute Gasteiger partial charge is 0.230 e. The van der Waals surface area contributed by atoms with Gasteiger partial charge in [-0.25, -0.2) is 9.97 Å². The molecule has 0 bridgehead atoms. The number of aromatic nitrogens is 2. The summed E-state index contributed by atoms with van der Waals surface area (Å²) in [7, 11) is 3.27. The van der Waals surface area contributed by atoms with Crippen molar-refractivity contribution in [1.29, 1.82) is 0 Å². The molecule has 1 aromatic heterocycles. The van der Waals surface area contributed by atoms with E-state index in [-0.39, 0.29) is 11.3 Å². The van der Waals surface area contributed by atoms with Crippen LogP contribution in [0, 0.1) is 5.41 Å². The molecule has 0 aliphatic carbocycles. The van der Waals surface area contributed by atoms with Crippen molar-refractivity contribution < 1.29 is 14.3 Å². The molecule has 0 radical (unpaired) electrons. The fourth-order valence-electron chi connectivity index (χ4n) is 4.70. The summed E-state index contributed by atoms with van der Waals surface area (Å²) in [5.74, 6) is 2.34. The van der Waals surface area contributed by atoms with Gasteiger partial charge in [0.25, 0.3) is 0 Å². The quantitative estimate of drug-likeness (QED) is 0.729. The molecule has 160 valence electrons. The van der Waals surface area contributed by atoms with Crippen LogP contribution in [0.3, 0.4) is 0 Å². The minimum atomic E-state index is -0.350. The molecule has 7 nitrogen and oxygen atoms in total. The summed E-state index contributed by atoms with van der Waals surface area (Å²) in [5.41, 5.74) is 1.74. The molecule has 1 spiro atoms. The molecule has 1 aromatic carbocycles. The van der Waals surface area contributed by atoms with E-state index in [9.17, 15) is 4.79 Å². The average molecular weight is 411 g/mol. The number of amides is 1. The van der Waals surface area contributed by atoms with Crippen molar-refractivity contribution in [3.63, 3.8) is 0 Å². The van der Waals surface area contributed by atoms with Gasteiger partial charge < -0.3 is 19.3 Å². The maximum Gasteiger partial charge on any atom is 0.230 e. The van der Waals surface area contributed by atoms with Crippen LogP contribution in [0.5, 0.6) is 11.5 Å². The van der Waals surface area contributed by atoms with Crippen molar-refractivity contribution in [2.75, 3.05) is 38.8 Å². The number of carbonyl (C=O) groups excluding carboxylic acids is 1. The molecule has 2 aliphatic rings. The molecule has 2 saturated heterocycles. The topological polar surface area (TPSA) is 67.8 Å². The Labute approximate surface area is 178 Å². The molecule has 3 heterocycles. The highest BCUT2D eigenvalue weighted by Gasteiger charge is 2.49. The Balaban J connectivity index is 1.51. The van der Waals surface area contributed by atoms with E-state index in [1.807, 2.05) is 35.5 Å². The fourth-order valence-corrected chi connectivity index (χ4v) is 4.70. The first-order valence-electron chi connectivity index (χ1n) is 10.7. The van der Waals surface area contributed by atoms with E-state index >= 15 is 0 Å². The van der Waals surface area contributed by atoms with Crippen LogP contribution in [0.2, 0.25) is 0 Å². The van der Waals surface area contributed by atoms with E-state index in [0.717, 1.165) is 55.8 Å². The van der Waals surface area contributed by atoms with E-state index in [0.29, 0.717) is 24.6 Å². The highest BCUT2D eigenvalue weighted by molar-refractivity contribution is 5.85. The van der Waals surface area contributed by atoms with Gasteiger partial charge in [0.15, 0.2) is 11.5 Å². The number of likely N-dealkylation sites (tertiary alicyclic amines) is 1. The van der Waals surface area contributed by atoms with Crippen LogP contribution in [0.15, 0.2) is 30.6 Å². The Morgan fingerprint density at radius 3 is 2.60 bits per heavy atom. The number of rotatable bonds is 6. The third-order valence-electron chi connectivity index (χ3n) is 6.41. The van der Waals surface area contributed by atoms with Crippen molar-refractivity contribution >= 4 is 11.9 Å². The first kappa shape index (κ1) is 20.4. The molecule has 4 rings (SSSR count). The van der Waals surface area contributed by atoms with E-state index in [4.69, 9.17) is 9.47 Å². The zero-order valence-electron chi connectivity index (χ0n) is 18.1. The van der Waals surface area contributed by atoms with Crippen LogP contribution in [-0.4, -0.2) is 54.6 Å². The predicted molar refractivity (Wildman–Crippen MR) is 115 cm³/mol. The van der Waals surface area contributed by atoms with Gasteiger partial charge in [0.1, 0.15) is 0 Å². The van der Waals surface area contributed by atoms with Crippen molar-refractivity contribution in [1.82, 2.24) is 14.9 Å². The molecule has 2 aliphatic heterocycles. The Bertz CT molecular complexity index is 902. The number of benzene rings is 1. The molecule has 1 atom stereocenters. The second-order valence-electron chi connectivity index (χ2n) is 8.18. The largest absolute Gasteiger partial charge is 0.493 e. The van der Waals surface area contributed by atoms with Gasteiger partial charge in [-0.05, 0) is 37.3 Å². The number of methoxy groups -OCH3 is 2. The maximum atomic E-state index is 13.6. The molecular formula is C23H30N4O3. The number of hydrogen-bond donors (Lipinski definition) is 0. The zero-order valence-corrected chi connectivity index (χ0v) is 18.1. The summed E-state index contributed by atoms with van der Waals surface area (Å²) >= 11 is 0. The summed E-state index contributed by atoms with van der Waals surface area (Å²) in [5, 5.41) is 0. The van der Waals surface area contributed by atoms with Gasteiger partial charge in [-0.3, -0.25) is 4.79 Å². The molecule has 0 N–H and O–H groups in total. The molecule has 2 fully saturated rings. The lowest BCUT2D eigenvalue weighted by atomic mass is 9.78. The molecule has 0 saturated carbocycles. The van der Waals surface area contributed by atoms with Gasteiger partial charge in [-0.1, -0.05) is 19.1 Å².